The van der Waals surface area contributed by atoms with E-state index in [9.17, 15) is 9.59 Å². The van der Waals surface area contributed by atoms with E-state index < -0.39 is 0 Å². The quantitative estimate of drug-likeness (QED) is 0.604. The SMILES string of the molecule is Cc1cccc2c(=O)n(CC(=O)N(C)CCCOc3ccccc3)cnc12. The lowest BCUT2D eigenvalue weighted by Gasteiger charge is -2.18. The molecular formula is C21H23N3O3. The lowest BCUT2D eigenvalue weighted by Crippen LogP contribution is -2.35. The van der Waals surface area contributed by atoms with Gasteiger partial charge in [0.15, 0.2) is 0 Å². The molecule has 0 atom stereocenters. The molecule has 0 fully saturated rings. The van der Waals surface area contributed by atoms with E-state index in [1.165, 1.54) is 10.9 Å². The van der Waals surface area contributed by atoms with E-state index >= 15 is 0 Å². The van der Waals surface area contributed by atoms with Crippen LogP contribution >= 0.6 is 0 Å². The molecule has 6 nitrogen and oxygen atoms in total. The molecule has 1 amide bonds. The zero-order valence-corrected chi connectivity index (χ0v) is 15.6. The Bertz CT molecular complexity index is 983. The van der Waals surface area contributed by atoms with Gasteiger partial charge in [0, 0.05) is 13.6 Å². The monoisotopic (exact) mass is 365 g/mol. The first kappa shape index (κ1) is 18.6. The Morgan fingerprint density at radius 2 is 1.93 bits per heavy atom. The zero-order chi connectivity index (χ0) is 19.2. The van der Waals surface area contributed by atoms with Gasteiger partial charge >= 0.3 is 0 Å². The van der Waals surface area contributed by atoms with Gasteiger partial charge in [0.25, 0.3) is 5.56 Å². The van der Waals surface area contributed by atoms with Crippen LogP contribution in [0.3, 0.4) is 0 Å². The number of benzene rings is 2. The Kier molecular flexibility index (Phi) is 5.86. The molecule has 0 saturated carbocycles. The van der Waals surface area contributed by atoms with Crippen LogP contribution in [-0.2, 0) is 11.3 Å². The van der Waals surface area contributed by atoms with Crippen molar-refractivity contribution >= 4 is 16.8 Å². The Balaban J connectivity index is 1.56. The minimum Gasteiger partial charge on any atom is -0.494 e. The van der Waals surface area contributed by atoms with Gasteiger partial charge < -0.3 is 9.64 Å². The number of aromatic nitrogens is 2. The molecule has 0 aliphatic rings. The summed E-state index contributed by atoms with van der Waals surface area (Å²) in [5.41, 5.74) is 1.43. The number of fused-ring (bicyclic) bond motifs is 1. The summed E-state index contributed by atoms with van der Waals surface area (Å²) in [7, 11) is 1.73. The normalized spacial score (nSPS) is 10.7. The summed E-state index contributed by atoms with van der Waals surface area (Å²) >= 11 is 0. The molecular weight excluding hydrogens is 342 g/mol. The number of hydrogen-bond donors (Lipinski definition) is 0. The van der Waals surface area contributed by atoms with Gasteiger partial charge in [0.2, 0.25) is 5.91 Å². The first-order valence-corrected chi connectivity index (χ1v) is 8.93. The van der Waals surface area contributed by atoms with E-state index in [0.717, 1.165) is 11.3 Å². The van der Waals surface area contributed by atoms with Crippen LogP contribution in [0.1, 0.15) is 12.0 Å². The van der Waals surface area contributed by atoms with Crippen molar-refractivity contribution in [1.29, 1.82) is 0 Å². The number of amides is 1. The van der Waals surface area contributed by atoms with Crippen molar-refractivity contribution in [2.45, 2.75) is 19.9 Å². The molecule has 0 unspecified atom stereocenters. The molecule has 0 radical (unpaired) electrons. The molecule has 0 aliphatic carbocycles. The summed E-state index contributed by atoms with van der Waals surface area (Å²) in [5, 5.41) is 0.532. The fraction of sp³-hybridized carbons (Fsp3) is 0.286. The lowest BCUT2D eigenvalue weighted by molar-refractivity contribution is -0.130. The van der Waals surface area contributed by atoms with Crippen LogP contribution in [0.15, 0.2) is 59.7 Å². The highest BCUT2D eigenvalue weighted by atomic mass is 16.5. The fourth-order valence-corrected chi connectivity index (χ4v) is 2.85. The summed E-state index contributed by atoms with van der Waals surface area (Å²) in [6.07, 6.45) is 2.16. The van der Waals surface area contributed by atoms with E-state index in [1.54, 1.807) is 18.0 Å². The minimum atomic E-state index is -0.196. The second kappa shape index (κ2) is 8.49. The molecule has 1 aromatic heterocycles. The number of carbonyl (C=O) groups excluding carboxylic acids is 1. The molecule has 6 heteroatoms. The third kappa shape index (κ3) is 4.53. The minimum absolute atomic E-state index is 0.0221. The third-order valence-electron chi connectivity index (χ3n) is 4.44. The first-order chi connectivity index (χ1) is 13.1. The maximum atomic E-state index is 12.6. The molecule has 0 saturated heterocycles. The number of nitrogens with zero attached hydrogens (tertiary/aromatic N) is 3. The van der Waals surface area contributed by atoms with E-state index in [2.05, 4.69) is 4.98 Å². The van der Waals surface area contributed by atoms with E-state index in [4.69, 9.17) is 4.74 Å². The van der Waals surface area contributed by atoms with Crippen molar-refractivity contribution in [2.75, 3.05) is 20.2 Å². The molecule has 0 aliphatic heterocycles. The second-order valence-electron chi connectivity index (χ2n) is 6.48. The smallest absolute Gasteiger partial charge is 0.261 e. The number of aryl methyl sites for hydroxylation is 1. The van der Waals surface area contributed by atoms with Crippen LogP contribution < -0.4 is 10.3 Å². The average molecular weight is 365 g/mol. The van der Waals surface area contributed by atoms with Crippen LogP contribution in [0, 0.1) is 6.92 Å². The van der Waals surface area contributed by atoms with Crippen LogP contribution in [0.5, 0.6) is 5.75 Å². The fourth-order valence-electron chi connectivity index (χ4n) is 2.85. The molecule has 0 spiro atoms. The highest BCUT2D eigenvalue weighted by Crippen LogP contribution is 2.11. The summed E-state index contributed by atoms with van der Waals surface area (Å²) in [5.74, 6) is 0.682. The zero-order valence-electron chi connectivity index (χ0n) is 15.6. The number of carbonyl (C=O) groups is 1. The van der Waals surface area contributed by atoms with Crippen molar-refractivity contribution < 1.29 is 9.53 Å². The van der Waals surface area contributed by atoms with E-state index in [-0.39, 0.29) is 18.0 Å². The topological polar surface area (TPSA) is 64.4 Å². The molecule has 0 N–H and O–H groups in total. The molecule has 27 heavy (non-hydrogen) atoms. The average Bonchev–Trinajstić information content (AvgIpc) is 2.68. The third-order valence-corrected chi connectivity index (χ3v) is 4.44. The van der Waals surface area contributed by atoms with Crippen LogP contribution in [0.4, 0.5) is 0 Å². The highest BCUT2D eigenvalue weighted by Gasteiger charge is 2.12. The van der Waals surface area contributed by atoms with Crippen LogP contribution in [0.2, 0.25) is 0 Å². The summed E-state index contributed by atoms with van der Waals surface area (Å²) in [4.78, 5) is 31.0. The Hall–Kier alpha value is -3.15. The summed E-state index contributed by atoms with van der Waals surface area (Å²) < 4.78 is 6.99. The number of ether oxygens (including phenoxy) is 1. The molecule has 1 heterocycles. The standard InChI is InChI=1S/C21H23N3O3/c1-16-8-6-11-18-20(16)22-15-24(21(18)26)14-19(25)23(2)12-7-13-27-17-9-4-3-5-10-17/h3-6,8-11,15H,7,12-14H2,1-2H3. The van der Waals surface area contributed by atoms with Crippen molar-refractivity contribution in [3.8, 4) is 5.75 Å². The summed E-state index contributed by atoms with van der Waals surface area (Å²) in [6.45, 7) is 2.97. The maximum absolute atomic E-state index is 12.6. The van der Waals surface area contributed by atoms with Gasteiger partial charge in [0.1, 0.15) is 12.3 Å². The molecule has 3 aromatic rings. The van der Waals surface area contributed by atoms with E-state index in [1.807, 2.05) is 49.4 Å². The van der Waals surface area contributed by atoms with Crippen LogP contribution in [-0.4, -0.2) is 40.6 Å². The van der Waals surface area contributed by atoms with Gasteiger partial charge in [-0.3, -0.25) is 14.2 Å². The second-order valence-corrected chi connectivity index (χ2v) is 6.48. The van der Waals surface area contributed by atoms with Gasteiger partial charge in [-0.15, -0.1) is 0 Å². The number of para-hydroxylation sites is 2. The molecule has 0 bridgehead atoms. The Morgan fingerprint density at radius 3 is 2.70 bits per heavy atom. The maximum Gasteiger partial charge on any atom is 0.261 e. The highest BCUT2D eigenvalue weighted by molar-refractivity contribution is 5.81. The van der Waals surface area contributed by atoms with Crippen molar-refractivity contribution in [3.63, 3.8) is 0 Å². The first-order valence-electron chi connectivity index (χ1n) is 8.93. The predicted molar refractivity (Wildman–Crippen MR) is 105 cm³/mol. The van der Waals surface area contributed by atoms with E-state index in [0.29, 0.717) is 30.5 Å². The van der Waals surface area contributed by atoms with Gasteiger partial charge in [-0.1, -0.05) is 30.3 Å². The molecule has 140 valence electrons. The predicted octanol–water partition coefficient (Wildman–Crippen LogP) is 2.63. The number of rotatable bonds is 7. The largest absolute Gasteiger partial charge is 0.494 e. The van der Waals surface area contributed by atoms with Crippen molar-refractivity contribution in [2.24, 2.45) is 0 Å². The van der Waals surface area contributed by atoms with Gasteiger partial charge in [0.05, 0.1) is 23.8 Å². The van der Waals surface area contributed by atoms with Gasteiger partial charge in [-0.2, -0.15) is 0 Å². The lowest BCUT2D eigenvalue weighted by atomic mass is 10.1. The van der Waals surface area contributed by atoms with Gasteiger partial charge in [-0.25, -0.2) is 4.98 Å². The molecule has 2 aromatic carbocycles. The Labute approximate surface area is 158 Å². The number of hydrogen-bond acceptors (Lipinski definition) is 4. The van der Waals surface area contributed by atoms with Crippen molar-refractivity contribution in [3.05, 3.63) is 70.8 Å². The summed E-state index contributed by atoms with van der Waals surface area (Å²) in [6, 6.07) is 15.0. The van der Waals surface area contributed by atoms with Crippen LogP contribution in [0.25, 0.3) is 10.9 Å². The Morgan fingerprint density at radius 1 is 1.15 bits per heavy atom. The van der Waals surface area contributed by atoms with Crippen molar-refractivity contribution in [1.82, 2.24) is 14.5 Å². The number of likely N-dealkylation sites (N-methyl/N-ethyl adjacent to an activating group) is 1. The van der Waals surface area contributed by atoms with Gasteiger partial charge in [-0.05, 0) is 37.1 Å². The molecule has 3 rings (SSSR count).